The molecule has 1 unspecified atom stereocenters. The Balaban J connectivity index is 1.72. The lowest BCUT2D eigenvalue weighted by Gasteiger charge is -2.23. The molecule has 3 aromatic heterocycles. The number of imidazole rings is 1. The molecule has 170 valence electrons. The van der Waals surface area contributed by atoms with Gasteiger partial charge in [0.2, 0.25) is 5.88 Å². The summed E-state index contributed by atoms with van der Waals surface area (Å²) < 4.78 is 18.3. The predicted octanol–water partition coefficient (Wildman–Crippen LogP) is 0.963. The first-order valence-corrected chi connectivity index (χ1v) is 10.6. The van der Waals surface area contributed by atoms with Crippen LogP contribution in [0.2, 0.25) is 0 Å². The molecule has 1 aliphatic heterocycles. The van der Waals surface area contributed by atoms with Gasteiger partial charge in [-0.3, -0.25) is 0 Å². The summed E-state index contributed by atoms with van der Waals surface area (Å²) in [7, 11) is 0. The highest BCUT2D eigenvalue weighted by molar-refractivity contribution is 5.86. The fourth-order valence-corrected chi connectivity index (χ4v) is 3.42. The molecule has 0 aromatic carbocycles. The Labute approximate surface area is 185 Å². The van der Waals surface area contributed by atoms with E-state index < -0.39 is 5.60 Å². The monoisotopic (exact) mass is 441 g/mol. The zero-order valence-corrected chi connectivity index (χ0v) is 18.4. The van der Waals surface area contributed by atoms with Crippen molar-refractivity contribution in [3.05, 3.63) is 11.8 Å². The van der Waals surface area contributed by atoms with Gasteiger partial charge in [-0.05, 0) is 37.0 Å². The van der Waals surface area contributed by atoms with E-state index in [-0.39, 0.29) is 11.9 Å². The molecule has 1 atom stereocenters. The van der Waals surface area contributed by atoms with E-state index in [1.807, 2.05) is 17.6 Å². The van der Waals surface area contributed by atoms with Gasteiger partial charge in [0.1, 0.15) is 16.8 Å². The van der Waals surface area contributed by atoms with E-state index in [2.05, 4.69) is 37.4 Å². The van der Waals surface area contributed by atoms with Gasteiger partial charge in [-0.2, -0.15) is 0 Å². The SMILES string of the molecule is CCn1c(-c2nonc2N)nc2c(C#CC(C)(C)O)nc(OCCC3CNCCO3)cc21. The summed E-state index contributed by atoms with van der Waals surface area (Å²) in [5.74, 6) is 6.78. The van der Waals surface area contributed by atoms with Crippen LogP contribution in [-0.2, 0) is 11.3 Å². The van der Waals surface area contributed by atoms with Crippen molar-refractivity contribution < 1.29 is 19.2 Å². The number of aryl methyl sites for hydroxylation is 1. The van der Waals surface area contributed by atoms with Gasteiger partial charge in [-0.15, -0.1) is 0 Å². The Morgan fingerprint density at radius 1 is 1.38 bits per heavy atom. The number of pyridine rings is 1. The van der Waals surface area contributed by atoms with E-state index in [1.165, 1.54) is 0 Å². The lowest BCUT2D eigenvalue weighted by atomic mass is 10.1. The van der Waals surface area contributed by atoms with Gasteiger partial charge in [0.05, 0.1) is 24.8 Å². The van der Waals surface area contributed by atoms with Crippen LogP contribution in [0.3, 0.4) is 0 Å². The van der Waals surface area contributed by atoms with Crippen molar-refractivity contribution in [2.45, 2.75) is 45.4 Å². The van der Waals surface area contributed by atoms with Gasteiger partial charge in [0.25, 0.3) is 0 Å². The summed E-state index contributed by atoms with van der Waals surface area (Å²) in [6.45, 7) is 8.58. The highest BCUT2D eigenvalue weighted by atomic mass is 16.6. The molecule has 11 nitrogen and oxygen atoms in total. The first kappa shape index (κ1) is 22.0. The number of nitrogens with one attached hydrogen (secondary N) is 1. The molecule has 3 aromatic rings. The van der Waals surface area contributed by atoms with Gasteiger partial charge in [0.15, 0.2) is 17.3 Å². The van der Waals surface area contributed by atoms with Gasteiger partial charge >= 0.3 is 0 Å². The van der Waals surface area contributed by atoms with Crippen molar-refractivity contribution in [3.8, 4) is 29.2 Å². The largest absolute Gasteiger partial charge is 0.477 e. The first-order valence-electron chi connectivity index (χ1n) is 10.6. The van der Waals surface area contributed by atoms with Gasteiger partial charge < -0.3 is 30.2 Å². The van der Waals surface area contributed by atoms with Crippen molar-refractivity contribution >= 4 is 16.9 Å². The van der Waals surface area contributed by atoms with Crippen molar-refractivity contribution in [1.82, 2.24) is 30.2 Å². The van der Waals surface area contributed by atoms with Crippen LogP contribution in [0.1, 0.15) is 32.9 Å². The van der Waals surface area contributed by atoms with E-state index in [0.29, 0.717) is 48.4 Å². The molecule has 4 N–H and O–H groups in total. The second-order valence-electron chi connectivity index (χ2n) is 8.00. The third-order valence-corrected chi connectivity index (χ3v) is 4.94. The van der Waals surface area contributed by atoms with Gasteiger partial charge in [0, 0.05) is 32.1 Å². The Morgan fingerprint density at radius 2 is 2.22 bits per heavy atom. The molecule has 1 saturated heterocycles. The number of nitrogen functional groups attached to an aromatic ring is 1. The lowest BCUT2D eigenvalue weighted by molar-refractivity contribution is 0.0156. The zero-order chi connectivity index (χ0) is 22.7. The van der Waals surface area contributed by atoms with E-state index >= 15 is 0 Å². The Morgan fingerprint density at radius 3 is 2.88 bits per heavy atom. The number of fused-ring (bicyclic) bond motifs is 1. The molecular formula is C21H27N7O4. The van der Waals surface area contributed by atoms with Gasteiger partial charge in [-0.25, -0.2) is 14.6 Å². The number of anilines is 1. The fourth-order valence-electron chi connectivity index (χ4n) is 3.42. The number of nitrogens with two attached hydrogens (primary N) is 1. The van der Waals surface area contributed by atoms with E-state index in [0.717, 1.165) is 25.0 Å². The maximum Gasteiger partial charge on any atom is 0.216 e. The number of ether oxygens (including phenoxy) is 2. The van der Waals surface area contributed by atoms with Crippen LogP contribution >= 0.6 is 0 Å². The fraction of sp³-hybridized carbons (Fsp3) is 0.524. The Kier molecular flexibility index (Phi) is 6.27. The molecule has 1 fully saturated rings. The molecule has 1 aliphatic rings. The predicted molar refractivity (Wildman–Crippen MR) is 117 cm³/mol. The number of rotatable bonds is 6. The molecule has 0 spiro atoms. The highest BCUT2D eigenvalue weighted by Crippen LogP contribution is 2.29. The highest BCUT2D eigenvalue weighted by Gasteiger charge is 2.22. The Hall–Kier alpha value is -3.20. The molecule has 4 rings (SSSR count). The van der Waals surface area contributed by atoms with Crippen molar-refractivity contribution in [2.24, 2.45) is 0 Å². The van der Waals surface area contributed by atoms with Crippen LogP contribution in [0.15, 0.2) is 10.7 Å². The van der Waals surface area contributed by atoms with E-state index in [4.69, 9.17) is 19.8 Å². The van der Waals surface area contributed by atoms with Crippen LogP contribution in [0.25, 0.3) is 22.6 Å². The average Bonchev–Trinajstić information content (AvgIpc) is 3.35. The summed E-state index contributed by atoms with van der Waals surface area (Å²) in [5, 5.41) is 20.9. The molecule has 4 heterocycles. The molecule has 11 heteroatoms. The van der Waals surface area contributed by atoms with Crippen molar-refractivity contribution in [1.29, 1.82) is 0 Å². The molecule has 0 radical (unpaired) electrons. The van der Waals surface area contributed by atoms with Crippen LogP contribution in [0.4, 0.5) is 5.82 Å². The summed E-state index contributed by atoms with van der Waals surface area (Å²) in [4.78, 5) is 9.22. The first-order chi connectivity index (χ1) is 15.4. The molecule has 32 heavy (non-hydrogen) atoms. The minimum absolute atomic E-state index is 0.109. The average molecular weight is 441 g/mol. The maximum absolute atomic E-state index is 10.1. The van der Waals surface area contributed by atoms with Crippen LogP contribution in [-0.4, -0.2) is 68.0 Å². The number of nitrogens with zero attached hydrogens (tertiary/aromatic N) is 5. The quantitative estimate of drug-likeness (QED) is 0.473. The van der Waals surface area contributed by atoms with Crippen LogP contribution < -0.4 is 15.8 Å². The molecular weight excluding hydrogens is 414 g/mol. The number of hydrogen-bond acceptors (Lipinski definition) is 10. The van der Waals surface area contributed by atoms with Crippen LogP contribution in [0.5, 0.6) is 5.88 Å². The number of aliphatic hydroxyl groups is 1. The molecule has 0 saturated carbocycles. The lowest BCUT2D eigenvalue weighted by Crippen LogP contribution is -2.39. The third kappa shape index (κ3) is 4.83. The number of aromatic nitrogens is 5. The zero-order valence-electron chi connectivity index (χ0n) is 18.4. The second kappa shape index (κ2) is 9.12. The van der Waals surface area contributed by atoms with E-state index in [1.54, 1.807) is 13.8 Å². The normalized spacial score (nSPS) is 16.7. The minimum Gasteiger partial charge on any atom is -0.477 e. The van der Waals surface area contributed by atoms with E-state index in [9.17, 15) is 5.11 Å². The third-order valence-electron chi connectivity index (χ3n) is 4.94. The molecule has 0 amide bonds. The maximum atomic E-state index is 10.1. The molecule has 0 aliphatic carbocycles. The summed E-state index contributed by atoms with van der Waals surface area (Å²) in [5.41, 5.74) is 6.75. The minimum atomic E-state index is -1.19. The second-order valence-corrected chi connectivity index (χ2v) is 8.00. The van der Waals surface area contributed by atoms with Gasteiger partial charge in [-0.1, -0.05) is 5.92 Å². The summed E-state index contributed by atoms with van der Waals surface area (Å²) >= 11 is 0. The topological polar surface area (TPSA) is 146 Å². The standard InChI is InChI=1S/C21H27N7O4/c1-4-28-15-11-16(31-9-6-13-12-23-8-10-30-13)24-14(5-7-21(2,3)29)17(15)25-20(28)18-19(22)27-32-26-18/h11,13,23,29H,4,6,8-10,12H2,1-3H3,(H2,22,27). The smallest absolute Gasteiger partial charge is 0.216 e. The summed E-state index contributed by atoms with van der Waals surface area (Å²) in [6, 6.07) is 1.81. The number of hydrogen-bond donors (Lipinski definition) is 3. The van der Waals surface area contributed by atoms with Crippen molar-refractivity contribution in [3.63, 3.8) is 0 Å². The van der Waals surface area contributed by atoms with Crippen molar-refractivity contribution in [2.75, 3.05) is 32.0 Å². The Bertz CT molecular complexity index is 1150. The number of morpholine rings is 1. The molecule has 0 bridgehead atoms. The summed E-state index contributed by atoms with van der Waals surface area (Å²) in [6.07, 6.45) is 0.842. The van der Waals surface area contributed by atoms with Crippen LogP contribution in [0, 0.1) is 11.8 Å².